The first-order valence-corrected chi connectivity index (χ1v) is 7.94. The Kier molecular flexibility index (Phi) is 4.71. The van der Waals surface area contributed by atoms with Crippen molar-refractivity contribution in [3.05, 3.63) is 48.0 Å². The normalized spacial score (nSPS) is 15.4. The van der Waals surface area contributed by atoms with Crippen molar-refractivity contribution in [3.8, 4) is 22.6 Å². The molecule has 1 atom stereocenters. The summed E-state index contributed by atoms with van der Waals surface area (Å²) in [5.41, 5.74) is 2.74. The van der Waals surface area contributed by atoms with Gasteiger partial charge in [0.15, 0.2) is 0 Å². The minimum atomic E-state index is -0.464. The fourth-order valence-corrected chi connectivity index (χ4v) is 2.77. The van der Waals surface area contributed by atoms with Gasteiger partial charge in [-0.3, -0.25) is 4.79 Å². The molecular formula is C19H21NO4. The third-order valence-corrected chi connectivity index (χ3v) is 3.98. The maximum atomic E-state index is 12.1. The van der Waals surface area contributed by atoms with Gasteiger partial charge in [0.25, 0.3) is 0 Å². The third-order valence-electron chi connectivity index (χ3n) is 3.98. The molecule has 1 N–H and O–H groups in total. The molecule has 0 amide bonds. The van der Waals surface area contributed by atoms with Gasteiger partial charge in [-0.1, -0.05) is 24.3 Å². The molecular weight excluding hydrogens is 306 g/mol. The second-order valence-corrected chi connectivity index (χ2v) is 6.10. The number of benzene rings is 2. The van der Waals surface area contributed by atoms with Gasteiger partial charge in [-0.25, -0.2) is 0 Å². The summed E-state index contributed by atoms with van der Waals surface area (Å²) in [4.78, 5) is 14.1. The molecule has 0 saturated carbocycles. The highest BCUT2D eigenvalue weighted by molar-refractivity contribution is 5.78. The first kappa shape index (κ1) is 16.3. The fourth-order valence-electron chi connectivity index (χ4n) is 2.77. The number of esters is 1. The summed E-state index contributed by atoms with van der Waals surface area (Å²) in [6.45, 7) is 1.03. The first-order chi connectivity index (χ1) is 11.5. The molecule has 0 bridgehead atoms. The zero-order chi connectivity index (χ0) is 17.1. The van der Waals surface area contributed by atoms with Gasteiger partial charge in [0.05, 0.1) is 6.42 Å². The monoisotopic (exact) mass is 327 g/mol. The number of phenols is 1. The number of hydrogen-bond acceptors (Lipinski definition) is 5. The van der Waals surface area contributed by atoms with Gasteiger partial charge in [-0.05, 0) is 37.9 Å². The lowest BCUT2D eigenvalue weighted by molar-refractivity contribution is -0.145. The van der Waals surface area contributed by atoms with E-state index >= 15 is 0 Å². The Bertz CT molecular complexity index is 742. The molecule has 0 fully saturated rings. The molecule has 1 heterocycles. The molecule has 0 spiro atoms. The van der Waals surface area contributed by atoms with Crippen LogP contribution in [0, 0.1) is 0 Å². The number of para-hydroxylation sites is 1. The van der Waals surface area contributed by atoms with E-state index in [2.05, 4.69) is 0 Å². The Morgan fingerprint density at radius 3 is 2.79 bits per heavy atom. The lowest BCUT2D eigenvalue weighted by Gasteiger charge is -2.28. The van der Waals surface area contributed by atoms with Crippen molar-refractivity contribution in [3.63, 3.8) is 0 Å². The zero-order valence-corrected chi connectivity index (χ0v) is 13.9. The number of phenolic OH excluding ortho intramolecular Hbond substituents is 1. The van der Waals surface area contributed by atoms with Gasteiger partial charge in [0.1, 0.15) is 24.2 Å². The van der Waals surface area contributed by atoms with Crippen molar-refractivity contribution in [2.24, 2.45) is 0 Å². The molecule has 2 aromatic carbocycles. The maximum Gasteiger partial charge on any atom is 0.309 e. The Morgan fingerprint density at radius 2 is 2.00 bits per heavy atom. The molecule has 3 rings (SSSR count). The highest BCUT2D eigenvalue weighted by atomic mass is 16.5. The van der Waals surface area contributed by atoms with E-state index in [1.807, 2.05) is 49.3 Å². The van der Waals surface area contributed by atoms with Crippen molar-refractivity contribution >= 4 is 5.97 Å². The Morgan fingerprint density at radius 1 is 1.21 bits per heavy atom. The summed E-state index contributed by atoms with van der Waals surface area (Å²) in [5.74, 6) is 0.583. The van der Waals surface area contributed by atoms with E-state index in [0.717, 1.165) is 22.4 Å². The van der Waals surface area contributed by atoms with Crippen LogP contribution >= 0.6 is 0 Å². The SMILES string of the molecule is CN(C)CCOC(=O)CC1Oc2ccccc2-c2ccc(O)cc21. The summed E-state index contributed by atoms with van der Waals surface area (Å²) < 4.78 is 11.3. The minimum Gasteiger partial charge on any atom is -0.508 e. The molecule has 0 saturated heterocycles. The second-order valence-electron chi connectivity index (χ2n) is 6.10. The highest BCUT2D eigenvalue weighted by Crippen LogP contribution is 2.44. The Labute approximate surface area is 141 Å². The topological polar surface area (TPSA) is 59.0 Å². The molecule has 126 valence electrons. The number of rotatable bonds is 5. The van der Waals surface area contributed by atoms with Crippen LogP contribution in [0.5, 0.6) is 11.5 Å². The van der Waals surface area contributed by atoms with Crippen LogP contribution in [-0.2, 0) is 9.53 Å². The van der Waals surface area contributed by atoms with E-state index in [0.29, 0.717) is 13.2 Å². The summed E-state index contributed by atoms with van der Waals surface area (Å²) in [5, 5.41) is 9.81. The van der Waals surface area contributed by atoms with Crippen molar-refractivity contribution in [2.75, 3.05) is 27.2 Å². The van der Waals surface area contributed by atoms with Crippen molar-refractivity contribution < 1.29 is 19.4 Å². The van der Waals surface area contributed by atoms with Crippen LogP contribution in [0.1, 0.15) is 18.1 Å². The Balaban J connectivity index is 1.80. The molecule has 1 aliphatic rings. The van der Waals surface area contributed by atoms with Gasteiger partial charge >= 0.3 is 5.97 Å². The fraction of sp³-hybridized carbons (Fsp3) is 0.316. The van der Waals surface area contributed by atoms with E-state index < -0.39 is 6.10 Å². The van der Waals surface area contributed by atoms with Crippen LogP contribution in [0.3, 0.4) is 0 Å². The van der Waals surface area contributed by atoms with E-state index in [1.165, 1.54) is 0 Å². The summed E-state index contributed by atoms with van der Waals surface area (Å²) >= 11 is 0. The van der Waals surface area contributed by atoms with Crippen LogP contribution < -0.4 is 4.74 Å². The van der Waals surface area contributed by atoms with Crippen LogP contribution in [-0.4, -0.2) is 43.2 Å². The van der Waals surface area contributed by atoms with Crippen molar-refractivity contribution in [2.45, 2.75) is 12.5 Å². The smallest absolute Gasteiger partial charge is 0.309 e. The maximum absolute atomic E-state index is 12.1. The zero-order valence-electron chi connectivity index (χ0n) is 13.9. The molecule has 24 heavy (non-hydrogen) atoms. The van der Waals surface area contributed by atoms with E-state index in [-0.39, 0.29) is 18.1 Å². The van der Waals surface area contributed by atoms with Gasteiger partial charge in [0.2, 0.25) is 0 Å². The quantitative estimate of drug-likeness (QED) is 0.856. The second kappa shape index (κ2) is 6.93. The summed E-state index contributed by atoms with van der Waals surface area (Å²) in [6, 6.07) is 12.9. The number of ether oxygens (including phenoxy) is 2. The lowest BCUT2D eigenvalue weighted by atomic mass is 9.91. The number of carbonyl (C=O) groups excluding carboxylic acids is 1. The average Bonchev–Trinajstić information content (AvgIpc) is 2.54. The standard InChI is InChI=1S/C19H21NO4/c1-20(2)9-10-23-19(22)12-18-16-11-13(21)7-8-14(16)15-5-3-4-6-17(15)24-18/h3-8,11,18,21H,9-10,12H2,1-2H3. The van der Waals surface area contributed by atoms with Crippen LogP contribution in [0.15, 0.2) is 42.5 Å². The molecule has 0 aliphatic carbocycles. The summed E-state index contributed by atoms with van der Waals surface area (Å²) in [6.07, 6.45) is -0.355. The van der Waals surface area contributed by atoms with Gasteiger partial charge in [-0.15, -0.1) is 0 Å². The number of hydrogen-bond donors (Lipinski definition) is 1. The molecule has 0 aromatic heterocycles. The van der Waals surface area contributed by atoms with E-state index in [9.17, 15) is 9.90 Å². The number of likely N-dealkylation sites (N-methyl/N-ethyl adjacent to an activating group) is 1. The molecule has 1 unspecified atom stereocenters. The van der Waals surface area contributed by atoms with Gasteiger partial charge in [0, 0.05) is 17.7 Å². The lowest BCUT2D eigenvalue weighted by Crippen LogP contribution is -2.23. The van der Waals surface area contributed by atoms with Crippen molar-refractivity contribution in [1.29, 1.82) is 0 Å². The molecule has 2 aromatic rings. The number of fused-ring (bicyclic) bond motifs is 3. The molecule has 0 radical (unpaired) electrons. The Hall–Kier alpha value is -2.53. The number of carbonyl (C=O) groups is 1. The number of aromatic hydroxyl groups is 1. The average molecular weight is 327 g/mol. The van der Waals surface area contributed by atoms with Crippen LogP contribution in [0.25, 0.3) is 11.1 Å². The van der Waals surface area contributed by atoms with E-state index in [1.54, 1.807) is 12.1 Å². The van der Waals surface area contributed by atoms with E-state index in [4.69, 9.17) is 9.47 Å². The summed E-state index contributed by atoms with van der Waals surface area (Å²) in [7, 11) is 3.85. The predicted molar refractivity (Wildman–Crippen MR) is 91.0 cm³/mol. The largest absolute Gasteiger partial charge is 0.508 e. The molecule has 5 heteroatoms. The predicted octanol–water partition coefficient (Wildman–Crippen LogP) is 2.99. The first-order valence-electron chi connectivity index (χ1n) is 7.94. The molecule has 5 nitrogen and oxygen atoms in total. The van der Waals surface area contributed by atoms with Gasteiger partial charge < -0.3 is 19.5 Å². The van der Waals surface area contributed by atoms with Crippen LogP contribution in [0.2, 0.25) is 0 Å². The van der Waals surface area contributed by atoms with Gasteiger partial charge in [-0.2, -0.15) is 0 Å². The third kappa shape index (κ3) is 3.51. The van der Waals surface area contributed by atoms with Crippen LogP contribution in [0.4, 0.5) is 0 Å². The number of nitrogens with zero attached hydrogens (tertiary/aromatic N) is 1. The molecule has 1 aliphatic heterocycles. The highest BCUT2D eigenvalue weighted by Gasteiger charge is 2.28. The van der Waals surface area contributed by atoms with Crippen molar-refractivity contribution in [1.82, 2.24) is 4.90 Å². The minimum absolute atomic E-state index is 0.109.